The maximum absolute atomic E-state index is 13.2. The van der Waals surface area contributed by atoms with Crippen molar-refractivity contribution < 1.29 is 31.5 Å². The van der Waals surface area contributed by atoms with E-state index < -0.39 is 44.5 Å². The van der Waals surface area contributed by atoms with Crippen LogP contribution in [0.3, 0.4) is 0 Å². The molecule has 0 aliphatic rings. The number of para-hydroxylation sites is 1. The average molecular weight is 412 g/mol. The van der Waals surface area contributed by atoms with Crippen LogP contribution in [0.5, 0.6) is 0 Å². The highest BCUT2D eigenvalue weighted by Crippen LogP contribution is 2.13. The summed E-state index contributed by atoms with van der Waals surface area (Å²) in [7, 11) is -4.12. The summed E-state index contributed by atoms with van der Waals surface area (Å²) < 4.78 is 57.1. The lowest BCUT2D eigenvalue weighted by Crippen LogP contribution is -2.32. The summed E-state index contributed by atoms with van der Waals surface area (Å²) in [4.78, 5) is 23.3. The van der Waals surface area contributed by atoms with Crippen LogP contribution in [0.2, 0.25) is 0 Å². The van der Waals surface area contributed by atoms with Crippen LogP contribution in [-0.4, -0.2) is 32.9 Å². The normalized spacial score (nSPS) is 12.2. The highest BCUT2D eigenvalue weighted by Gasteiger charge is 2.20. The molecule has 0 saturated heterocycles. The smallest absolute Gasteiger partial charge is 0.307 e. The van der Waals surface area contributed by atoms with Gasteiger partial charge in [0.25, 0.3) is 5.91 Å². The van der Waals surface area contributed by atoms with Crippen molar-refractivity contribution in [3.63, 3.8) is 0 Å². The second-order valence-electron chi connectivity index (χ2n) is 5.71. The lowest BCUT2D eigenvalue weighted by molar-refractivity contribution is -0.152. The number of esters is 1. The van der Waals surface area contributed by atoms with Gasteiger partial charge in [-0.25, -0.2) is 21.9 Å². The molecule has 0 saturated carbocycles. The van der Waals surface area contributed by atoms with Gasteiger partial charge < -0.3 is 10.1 Å². The molecule has 0 aliphatic heterocycles. The summed E-state index contributed by atoms with van der Waals surface area (Å²) in [6.45, 7) is 1.04. The second kappa shape index (κ2) is 9.38. The highest BCUT2D eigenvalue weighted by molar-refractivity contribution is 7.89. The number of halogens is 2. The number of carbonyl (C=O) groups excluding carboxylic acids is 2. The van der Waals surface area contributed by atoms with Crippen LogP contribution >= 0.6 is 0 Å². The Labute approximate surface area is 160 Å². The molecule has 0 fully saturated rings. The Balaban J connectivity index is 1.81. The molecule has 0 bridgehead atoms. The Morgan fingerprint density at radius 1 is 1.07 bits per heavy atom. The Morgan fingerprint density at radius 2 is 1.75 bits per heavy atom. The van der Waals surface area contributed by atoms with Crippen LogP contribution in [0.15, 0.2) is 53.4 Å². The Kier molecular flexibility index (Phi) is 7.18. The van der Waals surface area contributed by atoms with E-state index in [4.69, 9.17) is 4.74 Å². The van der Waals surface area contributed by atoms with E-state index in [1.807, 2.05) is 0 Å². The second-order valence-corrected chi connectivity index (χ2v) is 7.48. The van der Waals surface area contributed by atoms with Crippen LogP contribution in [0.4, 0.5) is 14.5 Å². The van der Waals surface area contributed by atoms with Gasteiger partial charge in [0.2, 0.25) is 10.0 Å². The van der Waals surface area contributed by atoms with Crippen LogP contribution < -0.4 is 10.0 Å². The molecule has 2 aromatic rings. The first-order valence-electron chi connectivity index (χ1n) is 8.19. The van der Waals surface area contributed by atoms with Gasteiger partial charge in [-0.1, -0.05) is 18.2 Å². The molecule has 150 valence electrons. The number of hydrogen-bond acceptors (Lipinski definition) is 5. The van der Waals surface area contributed by atoms with Crippen molar-refractivity contribution in [1.29, 1.82) is 0 Å². The average Bonchev–Trinajstić information content (AvgIpc) is 2.64. The molecule has 2 rings (SSSR count). The molecule has 10 heteroatoms. The zero-order valence-corrected chi connectivity index (χ0v) is 15.6. The maximum atomic E-state index is 13.2. The third-order valence-electron chi connectivity index (χ3n) is 3.54. The van der Waals surface area contributed by atoms with E-state index >= 15 is 0 Å². The minimum atomic E-state index is -4.12. The fourth-order valence-corrected chi connectivity index (χ4v) is 3.13. The fourth-order valence-electron chi connectivity index (χ4n) is 2.09. The molecule has 0 radical (unpaired) electrons. The molecule has 0 unspecified atom stereocenters. The Hall–Kier alpha value is -2.85. The first-order valence-corrected chi connectivity index (χ1v) is 9.67. The van der Waals surface area contributed by atoms with Crippen molar-refractivity contribution in [3.05, 3.63) is 60.2 Å². The topological polar surface area (TPSA) is 102 Å². The zero-order chi connectivity index (χ0) is 20.7. The summed E-state index contributed by atoms with van der Waals surface area (Å²) in [6.07, 6.45) is -1.44. The molecule has 0 aliphatic carbocycles. The van der Waals surface area contributed by atoms with E-state index in [0.29, 0.717) is 17.8 Å². The number of ether oxygens (including phenoxy) is 1. The third-order valence-corrected chi connectivity index (χ3v) is 5.00. The molecule has 2 N–H and O–H groups in total. The van der Waals surface area contributed by atoms with Gasteiger partial charge in [-0.05, 0) is 37.3 Å². The number of benzene rings is 2. The number of amides is 1. The van der Waals surface area contributed by atoms with Gasteiger partial charge in [0.05, 0.1) is 11.3 Å². The van der Waals surface area contributed by atoms with Gasteiger partial charge in [0, 0.05) is 12.2 Å². The van der Waals surface area contributed by atoms with Gasteiger partial charge in [-0.2, -0.15) is 0 Å². The van der Waals surface area contributed by atoms with Crippen LogP contribution in [-0.2, 0) is 24.3 Å². The van der Waals surface area contributed by atoms with Crippen LogP contribution in [0.25, 0.3) is 0 Å². The molecular formula is C18H18F2N2O5S. The van der Waals surface area contributed by atoms with Gasteiger partial charge >= 0.3 is 5.97 Å². The van der Waals surface area contributed by atoms with Crippen LogP contribution in [0, 0.1) is 11.6 Å². The molecular weight excluding hydrogens is 394 g/mol. The zero-order valence-electron chi connectivity index (χ0n) is 14.8. The van der Waals surface area contributed by atoms with E-state index in [9.17, 15) is 26.8 Å². The molecule has 2 aromatic carbocycles. The van der Waals surface area contributed by atoms with E-state index in [2.05, 4.69) is 10.0 Å². The lowest BCUT2D eigenvalue weighted by atomic mass is 10.3. The first-order chi connectivity index (χ1) is 13.2. The molecule has 0 heterocycles. The molecule has 28 heavy (non-hydrogen) atoms. The molecule has 1 amide bonds. The standard InChI is InChI=1S/C18H18F2N2O5S/c1-12(18(24)22-13-5-3-2-4-6-13)27-17(23)9-10-21-28(25,26)14-7-8-15(19)16(20)11-14/h2-8,11-12,21H,9-10H2,1H3,(H,22,24)/t12-/m1/s1. The minimum absolute atomic E-state index is 0.340. The summed E-state index contributed by atoms with van der Waals surface area (Å²) in [5.41, 5.74) is 0.537. The molecule has 7 nitrogen and oxygen atoms in total. The van der Waals surface area contributed by atoms with Crippen molar-refractivity contribution in [3.8, 4) is 0 Å². The summed E-state index contributed by atoms with van der Waals surface area (Å²) in [5.74, 6) is -3.82. The quantitative estimate of drug-likeness (QED) is 0.648. The number of anilines is 1. The van der Waals surface area contributed by atoms with Gasteiger partial charge in [0.1, 0.15) is 0 Å². The van der Waals surface area contributed by atoms with Crippen molar-refractivity contribution in [2.24, 2.45) is 0 Å². The van der Waals surface area contributed by atoms with Crippen molar-refractivity contribution in [1.82, 2.24) is 4.72 Å². The summed E-state index contributed by atoms with van der Waals surface area (Å²) in [6, 6.07) is 10.7. The summed E-state index contributed by atoms with van der Waals surface area (Å²) in [5, 5.41) is 2.56. The van der Waals surface area contributed by atoms with Gasteiger partial charge in [-0.15, -0.1) is 0 Å². The lowest BCUT2D eigenvalue weighted by Gasteiger charge is -2.13. The summed E-state index contributed by atoms with van der Waals surface area (Å²) >= 11 is 0. The van der Waals surface area contributed by atoms with E-state index in [-0.39, 0.29) is 13.0 Å². The van der Waals surface area contributed by atoms with Crippen molar-refractivity contribution in [2.45, 2.75) is 24.3 Å². The monoisotopic (exact) mass is 412 g/mol. The highest BCUT2D eigenvalue weighted by atomic mass is 32.2. The number of hydrogen-bond donors (Lipinski definition) is 2. The van der Waals surface area contributed by atoms with Crippen LogP contribution in [0.1, 0.15) is 13.3 Å². The largest absolute Gasteiger partial charge is 0.452 e. The molecule has 1 atom stereocenters. The first kappa shape index (κ1) is 21.5. The predicted octanol–water partition coefficient (Wildman–Crippen LogP) is 2.20. The van der Waals surface area contributed by atoms with E-state index in [1.54, 1.807) is 30.3 Å². The minimum Gasteiger partial charge on any atom is -0.452 e. The van der Waals surface area contributed by atoms with E-state index in [0.717, 1.165) is 6.07 Å². The fraction of sp³-hybridized carbons (Fsp3) is 0.222. The molecule has 0 spiro atoms. The van der Waals surface area contributed by atoms with Gasteiger partial charge in [-0.3, -0.25) is 9.59 Å². The Bertz CT molecular complexity index is 952. The number of rotatable bonds is 8. The third kappa shape index (κ3) is 6.10. The number of sulfonamides is 1. The SMILES string of the molecule is C[C@@H](OC(=O)CCNS(=O)(=O)c1ccc(F)c(F)c1)C(=O)Nc1ccccc1. The molecule has 0 aromatic heterocycles. The Morgan fingerprint density at radius 3 is 2.39 bits per heavy atom. The number of carbonyl (C=O) groups is 2. The van der Waals surface area contributed by atoms with Gasteiger partial charge in [0.15, 0.2) is 17.7 Å². The predicted molar refractivity (Wildman–Crippen MR) is 96.8 cm³/mol. The number of nitrogens with one attached hydrogen (secondary N) is 2. The van der Waals surface area contributed by atoms with Crippen molar-refractivity contribution in [2.75, 3.05) is 11.9 Å². The van der Waals surface area contributed by atoms with Crippen molar-refractivity contribution >= 4 is 27.6 Å². The van der Waals surface area contributed by atoms with E-state index in [1.165, 1.54) is 6.92 Å². The maximum Gasteiger partial charge on any atom is 0.307 e.